The van der Waals surface area contributed by atoms with Gasteiger partial charge in [0.15, 0.2) is 17.3 Å². The molecule has 0 spiro atoms. The first kappa shape index (κ1) is 18.8. The number of rotatable bonds is 5. The first-order valence-corrected chi connectivity index (χ1v) is 9.70. The molecule has 8 heteroatoms. The van der Waals surface area contributed by atoms with E-state index in [4.69, 9.17) is 9.47 Å². The van der Waals surface area contributed by atoms with E-state index < -0.39 is 0 Å². The summed E-state index contributed by atoms with van der Waals surface area (Å²) in [4.78, 5) is 28.1. The number of hydrogen-bond donors (Lipinski definition) is 1. The summed E-state index contributed by atoms with van der Waals surface area (Å²) in [5.74, 6) is 1.05. The van der Waals surface area contributed by atoms with Gasteiger partial charge in [0.25, 0.3) is 0 Å². The maximum atomic E-state index is 12.3. The fourth-order valence-corrected chi connectivity index (χ4v) is 3.62. The molecule has 4 rings (SSSR count). The highest BCUT2D eigenvalue weighted by Gasteiger charge is 2.17. The van der Waals surface area contributed by atoms with Gasteiger partial charge in [0, 0.05) is 22.7 Å². The Balaban J connectivity index is 1.48. The van der Waals surface area contributed by atoms with Crippen molar-refractivity contribution in [2.75, 3.05) is 17.9 Å². The molecule has 0 unspecified atom stereocenters. The summed E-state index contributed by atoms with van der Waals surface area (Å²) in [6.07, 6.45) is 0. The second-order valence-electron chi connectivity index (χ2n) is 6.32. The maximum absolute atomic E-state index is 12.3. The Morgan fingerprint density at radius 2 is 1.90 bits per heavy atom. The van der Waals surface area contributed by atoms with Crippen LogP contribution in [0.15, 0.2) is 47.5 Å². The van der Waals surface area contributed by atoms with Crippen molar-refractivity contribution < 1.29 is 19.1 Å². The number of aromatic nitrogens is 1. The van der Waals surface area contributed by atoms with Crippen molar-refractivity contribution in [1.29, 1.82) is 5.26 Å². The van der Waals surface area contributed by atoms with Crippen LogP contribution in [0.25, 0.3) is 10.9 Å². The van der Waals surface area contributed by atoms with E-state index in [2.05, 4.69) is 16.4 Å². The molecule has 0 radical (unpaired) electrons. The van der Waals surface area contributed by atoms with Crippen LogP contribution in [0.2, 0.25) is 0 Å². The molecule has 0 saturated carbocycles. The highest BCUT2D eigenvalue weighted by Crippen LogP contribution is 2.36. The van der Waals surface area contributed by atoms with Crippen LogP contribution in [0.5, 0.6) is 11.5 Å². The van der Waals surface area contributed by atoms with E-state index in [1.165, 1.54) is 18.7 Å². The lowest BCUT2D eigenvalue weighted by atomic mass is 10.1. The van der Waals surface area contributed by atoms with Gasteiger partial charge < -0.3 is 14.8 Å². The van der Waals surface area contributed by atoms with Gasteiger partial charge in [-0.25, -0.2) is 4.98 Å². The van der Waals surface area contributed by atoms with Crippen LogP contribution in [0.1, 0.15) is 22.8 Å². The van der Waals surface area contributed by atoms with E-state index >= 15 is 0 Å². The molecule has 1 aliphatic heterocycles. The second kappa shape index (κ2) is 7.81. The predicted molar refractivity (Wildman–Crippen MR) is 108 cm³/mol. The summed E-state index contributed by atoms with van der Waals surface area (Å²) >= 11 is 1.18. The van der Waals surface area contributed by atoms with Crippen molar-refractivity contribution in [2.24, 2.45) is 0 Å². The number of carbonyl (C=O) groups is 2. The Labute approximate surface area is 170 Å². The average Bonchev–Trinajstić information content (AvgIpc) is 3.17. The van der Waals surface area contributed by atoms with Gasteiger partial charge in [-0.3, -0.25) is 9.59 Å². The lowest BCUT2D eigenvalue weighted by Crippen LogP contribution is -2.14. The molecular weight excluding hydrogens is 390 g/mol. The Hall–Kier alpha value is -3.57. The molecule has 7 nitrogen and oxygen atoms in total. The first-order valence-electron chi connectivity index (χ1n) is 8.71. The molecule has 144 valence electrons. The zero-order valence-corrected chi connectivity index (χ0v) is 16.2. The highest BCUT2D eigenvalue weighted by molar-refractivity contribution is 8.00. The topological polar surface area (TPSA) is 101 Å². The van der Waals surface area contributed by atoms with Crippen LogP contribution in [0.4, 0.5) is 5.69 Å². The fraction of sp³-hybridized carbons (Fsp3) is 0.143. The number of fused-ring (bicyclic) bond motifs is 2. The van der Waals surface area contributed by atoms with E-state index in [9.17, 15) is 14.9 Å². The molecule has 0 bridgehead atoms. The van der Waals surface area contributed by atoms with Crippen molar-refractivity contribution in [1.82, 2.24) is 4.98 Å². The highest BCUT2D eigenvalue weighted by atomic mass is 32.2. The van der Waals surface area contributed by atoms with Crippen molar-refractivity contribution in [3.63, 3.8) is 0 Å². The molecule has 0 fully saturated rings. The maximum Gasteiger partial charge on any atom is 0.234 e. The molecule has 29 heavy (non-hydrogen) atoms. The number of ketones is 1. The van der Waals surface area contributed by atoms with Gasteiger partial charge in [-0.15, -0.1) is 0 Å². The summed E-state index contributed by atoms with van der Waals surface area (Å²) < 4.78 is 10.7. The van der Waals surface area contributed by atoms with Crippen LogP contribution in [0, 0.1) is 11.3 Å². The zero-order valence-electron chi connectivity index (χ0n) is 15.4. The predicted octanol–water partition coefficient (Wildman–Crippen LogP) is 3.77. The number of amides is 1. The smallest absolute Gasteiger partial charge is 0.234 e. The van der Waals surface area contributed by atoms with E-state index in [1.54, 1.807) is 42.5 Å². The fourth-order valence-electron chi connectivity index (χ4n) is 2.86. The average molecular weight is 405 g/mol. The Morgan fingerprint density at radius 1 is 1.17 bits per heavy atom. The third-order valence-electron chi connectivity index (χ3n) is 4.31. The Morgan fingerprint density at radius 3 is 2.59 bits per heavy atom. The second-order valence-corrected chi connectivity index (χ2v) is 7.29. The third kappa shape index (κ3) is 4.00. The van der Waals surface area contributed by atoms with Gasteiger partial charge in [-0.05, 0) is 43.3 Å². The normalized spacial score (nSPS) is 11.9. The van der Waals surface area contributed by atoms with Gasteiger partial charge in [-0.2, -0.15) is 5.26 Å². The third-order valence-corrected chi connectivity index (χ3v) is 5.30. The van der Waals surface area contributed by atoms with Crippen molar-refractivity contribution in [2.45, 2.75) is 11.9 Å². The van der Waals surface area contributed by atoms with Crippen LogP contribution in [-0.4, -0.2) is 29.2 Å². The largest absolute Gasteiger partial charge is 0.454 e. The van der Waals surface area contributed by atoms with Crippen LogP contribution in [-0.2, 0) is 4.79 Å². The van der Waals surface area contributed by atoms with Crippen LogP contribution < -0.4 is 14.8 Å². The van der Waals surface area contributed by atoms with Gasteiger partial charge >= 0.3 is 0 Å². The number of anilines is 1. The molecule has 2 heterocycles. The SMILES string of the molecule is CC(=O)c1ccc(NC(=O)CSc2nc3cc4c(cc3cc2C#N)OCO4)cc1. The number of thioether (sulfide) groups is 1. The molecule has 2 aromatic carbocycles. The minimum absolute atomic E-state index is 0.0348. The summed E-state index contributed by atoms with van der Waals surface area (Å²) in [7, 11) is 0. The number of nitrogens with one attached hydrogen (secondary N) is 1. The lowest BCUT2D eigenvalue weighted by Gasteiger charge is -2.08. The minimum atomic E-state index is -0.234. The van der Waals surface area contributed by atoms with Crippen LogP contribution >= 0.6 is 11.8 Å². The number of Topliss-reactive ketones (excluding diaryl/α,β-unsaturated/α-hetero) is 1. The van der Waals surface area contributed by atoms with Gasteiger partial charge in [0.05, 0.1) is 16.8 Å². The summed E-state index contributed by atoms with van der Waals surface area (Å²) in [6, 6.07) is 14.1. The number of carbonyl (C=O) groups excluding carboxylic acids is 2. The molecule has 3 aromatic rings. The van der Waals surface area contributed by atoms with E-state index in [0.717, 1.165) is 5.39 Å². The monoisotopic (exact) mass is 405 g/mol. The molecule has 1 amide bonds. The van der Waals surface area contributed by atoms with E-state index in [-0.39, 0.29) is 24.2 Å². The van der Waals surface area contributed by atoms with Crippen LogP contribution in [0.3, 0.4) is 0 Å². The van der Waals surface area contributed by atoms with Crippen molar-refractivity contribution in [3.05, 3.63) is 53.6 Å². The quantitative estimate of drug-likeness (QED) is 0.509. The van der Waals surface area contributed by atoms with E-state index in [0.29, 0.717) is 38.9 Å². The van der Waals surface area contributed by atoms with Crippen molar-refractivity contribution >= 4 is 40.0 Å². The molecule has 1 aromatic heterocycles. The van der Waals surface area contributed by atoms with Crippen molar-refractivity contribution in [3.8, 4) is 17.6 Å². The molecule has 0 atom stereocenters. The summed E-state index contributed by atoms with van der Waals surface area (Å²) in [6.45, 7) is 1.65. The Kier molecular flexibility index (Phi) is 5.06. The molecule has 1 N–H and O–H groups in total. The molecule has 0 aliphatic carbocycles. The van der Waals surface area contributed by atoms with E-state index in [1.807, 2.05) is 0 Å². The molecule has 0 saturated heterocycles. The van der Waals surface area contributed by atoms with Gasteiger partial charge in [0.2, 0.25) is 12.7 Å². The summed E-state index contributed by atoms with van der Waals surface area (Å²) in [5.41, 5.74) is 2.23. The molecule has 1 aliphatic rings. The number of pyridine rings is 1. The zero-order chi connectivity index (χ0) is 20.4. The standard InChI is InChI=1S/C21H15N3O4S/c1-12(25)13-2-4-16(5-3-13)23-20(26)10-29-21-15(9-22)6-14-7-18-19(28-11-27-18)8-17(14)24-21/h2-8H,10-11H2,1H3,(H,23,26). The summed E-state index contributed by atoms with van der Waals surface area (Å²) in [5, 5.41) is 13.5. The minimum Gasteiger partial charge on any atom is -0.454 e. The number of ether oxygens (including phenoxy) is 2. The number of benzene rings is 2. The lowest BCUT2D eigenvalue weighted by molar-refractivity contribution is -0.113. The van der Waals surface area contributed by atoms with Gasteiger partial charge in [-0.1, -0.05) is 11.8 Å². The number of nitriles is 1. The molecular formula is C21H15N3O4S. The number of hydrogen-bond acceptors (Lipinski definition) is 7. The number of nitrogens with zero attached hydrogens (tertiary/aromatic N) is 2. The first-order chi connectivity index (χ1) is 14.0. The van der Waals surface area contributed by atoms with Gasteiger partial charge in [0.1, 0.15) is 11.1 Å². The Bertz CT molecular complexity index is 1170.